The first-order chi connectivity index (χ1) is 50.4. The third-order valence-corrected chi connectivity index (χ3v) is 20.0. The molecule has 21 heteroatoms. The number of hydrogen-bond acceptors (Lipinski definition) is 11. The molecule has 8 aromatic carbocycles. The summed E-state index contributed by atoms with van der Waals surface area (Å²) in [5, 5.41) is 10.4. The van der Waals surface area contributed by atoms with Crippen LogP contribution in [0.3, 0.4) is 0 Å². The van der Waals surface area contributed by atoms with Crippen LogP contribution in [0.2, 0.25) is 0 Å². The van der Waals surface area contributed by atoms with E-state index in [0.717, 1.165) is 100 Å². The molecule has 2 atom stereocenters. The second-order valence-corrected chi connectivity index (χ2v) is 29.2. The third-order valence-electron chi connectivity index (χ3n) is 19.1. The molecule has 2 N–H and O–H groups in total. The summed E-state index contributed by atoms with van der Waals surface area (Å²) in [5.74, 6) is 0.368. The Hall–Kier alpha value is -11.4. The molecule has 0 aliphatic heterocycles. The topological polar surface area (TPSA) is 234 Å². The highest BCUT2D eigenvalue weighted by Gasteiger charge is 2.26. The van der Waals surface area contributed by atoms with E-state index >= 15 is 0 Å². The number of aliphatic hydroxyl groups is 1. The lowest BCUT2D eigenvalue weighted by Crippen LogP contribution is -2.23. The number of H-pyrrole nitrogens is 1. The first-order valence-corrected chi connectivity index (χ1v) is 36.2. The van der Waals surface area contributed by atoms with Crippen molar-refractivity contribution in [3.63, 3.8) is 0 Å². The molecule has 106 heavy (non-hydrogen) atoms. The highest BCUT2D eigenvalue weighted by atomic mass is 79.9. The van der Waals surface area contributed by atoms with Crippen molar-refractivity contribution < 1.29 is 19.5 Å². The Balaban J connectivity index is 0.000000142. The number of imidazole rings is 5. The Morgan fingerprint density at radius 1 is 0.425 bits per heavy atom. The van der Waals surface area contributed by atoms with Crippen molar-refractivity contribution in [1.29, 1.82) is 0 Å². The second kappa shape index (κ2) is 31.5. The molecule has 20 nitrogen and oxygen atoms in total. The average molecular weight is 1490 g/mol. The number of nitrogens with zero attached hydrogens (tertiary/aromatic N) is 11. The van der Waals surface area contributed by atoms with Crippen molar-refractivity contribution >= 4 is 77.4 Å². The van der Waals surface area contributed by atoms with Gasteiger partial charge in [0.15, 0.2) is 17.3 Å². The van der Waals surface area contributed by atoms with Crippen LogP contribution in [0.25, 0.3) is 78.0 Å². The smallest absolute Gasteiger partial charge is 0.329 e. The van der Waals surface area contributed by atoms with Crippen LogP contribution in [0.1, 0.15) is 161 Å². The van der Waals surface area contributed by atoms with Gasteiger partial charge in [-0.3, -0.25) is 50.9 Å². The lowest BCUT2D eigenvalue weighted by Gasteiger charge is -2.11. The maximum absolute atomic E-state index is 12.9. The van der Waals surface area contributed by atoms with Crippen molar-refractivity contribution in [2.75, 3.05) is 0 Å². The number of alkyl halides is 1. The van der Waals surface area contributed by atoms with Gasteiger partial charge in [0.1, 0.15) is 23.1 Å². The van der Waals surface area contributed by atoms with E-state index < -0.39 is 10.9 Å². The number of rotatable bonds is 16. The predicted octanol–water partition coefficient (Wildman–Crippen LogP) is 16.1. The minimum absolute atomic E-state index is 0.0159. The Kier molecular flexibility index (Phi) is 22.5. The van der Waals surface area contributed by atoms with Gasteiger partial charge in [-0.1, -0.05) is 135 Å². The number of Topliss-reactive ketones (excluding diaryl/α,β-unsaturated/α-hetero) is 3. The maximum atomic E-state index is 12.9. The molecule has 6 heterocycles. The van der Waals surface area contributed by atoms with E-state index in [2.05, 4.69) is 56.0 Å². The van der Waals surface area contributed by atoms with Gasteiger partial charge >= 0.3 is 22.8 Å². The summed E-state index contributed by atoms with van der Waals surface area (Å²) in [6.07, 6.45) is 4.13. The SMILES string of the molecule is Cc1cccc(-c2nc(-c3cncnc3)[nH]c2-c2ccc3c(c2)n(C)c(=O)n3C(C)C)c1.Cc1cccc(C(Br)C(=O)c2ccc3c(c2)n(C)c(=O)n3C(C)C)c1.Cc1cccc(C(O)C(=O)c2ccc3c(c2)n(C)c(=O)n3C(C)C)c1.Cc1cccc(CC(=O)c2ccc3c(c2)n(C)c(=O)n3C(C)C)c1. The summed E-state index contributed by atoms with van der Waals surface area (Å²) in [4.78, 5) is 104. The van der Waals surface area contributed by atoms with E-state index in [-0.39, 0.29) is 64.3 Å². The minimum atomic E-state index is -1.22. The van der Waals surface area contributed by atoms with Gasteiger partial charge in [-0.2, -0.15) is 0 Å². The van der Waals surface area contributed by atoms with Crippen LogP contribution in [-0.2, 0) is 34.6 Å². The summed E-state index contributed by atoms with van der Waals surface area (Å²) in [6, 6.07) is 53.9. The molecule has 0 saturated heterocycles. The molecule has 0 spiro atoms. The van der Waals surface area contributed by atoms with Crippen molar-refractivity contribution in [3.8, 4) is 33.9 Å². The Morgan fingerprint density at radius 2 is 0.821 bits per heavy atom. The molecule has 0 amide bonds. The number of hydrogen-bond donors (Lipinski definition) is 2. The van der Waals surface area contributed by atoms with E-state index in [0.29, 0.717) is 40.0 Å². The number of aryl methyl sites for hydroxylation is 8. The van der Waals surface area contributed by atoms with Gasteiger partial charge in [0.25, 0.3) is 0 Å². The van der Waals surface area contributed by atoms with Gasteiger partial charge in [0, 0.05) is 99.0 Å². The largest absolute Gasteiger partial charge is 0.380 e. The van der Waals surface area contributed by atoms with Gasteiger partial charge in [-0.05, 0) is 173 Å². The van der Waals surface area contributed by atoms with Crippen molar-refractivity contribution in [2.45, 2.75) is 125 Å². The van der Waals surface area contributed by atoms with Crippen LogP contribution in [-0.4, -0.2) is 78.9 Å². The Morgan fingerprint density at radius 3 is 1.28 bits per heavy atom. The van der Waals surface area contributed by atoms with Crippen LogP contribution < -0.4 is 22.8 Å². The molecule has 0 bridgehead atoms. The van der Waals surface area contributed by atoms with Crippen molar-refractivity contribution in [3.05, 3.63) is 286 Å². The molecule has 0 aliphatic carbocycles. The summed E-state index contributed by atoms with van der Waals surface area (Å²) < 4.78 is 13.5. The lowest BCUT2D eigenvalue weighted by molar-refractivity contribution is 0.0747. The van der Waals surface area contributed by atoms with Gasteiger partial charge in [0.05, 0.1) is 61.1 Å². The molecular weight excluding hydrogens is 1400 g/mol. The minimum Gasteiger partial charge on any atom is -0.380 e. The van der Waals surface area contributed by atoms with Crippen LogP contribution >= 0.6 is 15.9 Å². The molecule has 0 fully saturated rings. The number of ketones is 3. The fourth-order valence-corrected chi connectivity index (χ4v) is 14.2. The second-order valence-electron chi connectivity index (χ2n) is 28.3. The first-order valence-electron chi connectivity index (χ1n) is 35.3. The third kappa shape index (κ3) is 15.4. The number of fused-ring (bicyclic) bond motifs is 4. The number of benzene rings is 8. The molecule has 0 saturated carbocycles. The summed E-state index contributed by atoms with van der Waals surface area (Å²) in [7, 11) is 6.99. The fraction of sp³-hybridized carbons (Fsp3) is 0.271. The number of carbonyl (C=O) groups excluding carboxylic acids is 3. The highest BCUT2D eigenvalue weighted by Crippen LogP contribution is 2.36. The quantitative estimate of drug-likeness (QED) is 0.0682. The van der Waals surface area contributed by atoms with Crippen molar-refractivity contribution in [2.24, 2.45) is 28.2 Å². The maximum Gasteiger partial charge on any atom is 0.329 e. The number of aromatic amines is 1. The monoisotopic (exact) mass is 1480 g/mol. The number of halogens is 1. The van der Waals surface area contributed by atoms with E-state index in [9.17, 15) is 38.7 Å². The normalized spacial score (nSPS) is 12.1. The zero-order chi connectivity index (χ0) is 76.4. The molecule has 0 radical (unpaired) electrons. The van der Waals surface area contributed by atoms with E-state index in [1.165, 1.54) is 10.9 Å². The molecule has 6 aromatic heterocycles. The molecule has 2 unspecified atom stereocenters. The zero-order valence-electron chi connectivity index (χ0n) is 62.7. The molecule has 14 aromatic rings. The zero-order valence-corrected chi connectivity index (χ0v) is 64.3. The number of carbonyl (C=O) groups is 3. The molecule has 14 rings (SSSR count). The average Bonchev–Trinajstić information content (AvgIpc) is 1.79. The number of nitrogens with one attached hydrogen (secondary N) is 1. The summed E-state index contributed by atoms with van der Waals surface area (Å²) in [6.45, 7) is 23.9. The Labute approximate surface area is 622 Å². The molecule has 544 valence electrons. The fourth-order valence-electron chi connectivity index (χ4n) is 13.6. The van der Waals surface area contributed by atoms with E-state index in [1.54, 1.807) is 97.3 Å². The number of aromatic nitrogens is 12. The summed E-state index contributed by atoms with van der Waals surface area (Å²) in [5.41, 5.74) is 19.4. The first kappa shape index (κ1) is 75.7. The lowest BCUT2D eigenvalue weighted by atomic mass is 9.98. The van der Waals surface area contributed by atoms with Crippen LogP contribution in [0.5, 0.6) is 0 Å². The molecule has 0 aliphatic rings. The van der Waals surface area contributed by atoms with Gasteiger partial charge in [-0.25, -0.2) is 34.1 Å². The van der Waals surface area contributed by atoms with Crippen LogP contribution in [0, 0.1) is 27.7 Å². The van der Waals surface area contributed by atoms with Crippen molar-refractivity contribution in [1.82, 2.24) is 56.5 Å². The van der Waals surface area contributed by atoms with Crippen LogP contribution in [0.4, 0.5) is 0 Å². The van der Waals surface area contributed by atoms with Gasteiger partial charge in [0.2, 0.25) is 0 Å². The predicted molar refractivity (Wildman–Crippen MR) is 426 cm³/mol. The standard InChI is InChI=1S/C25H24N6O.C20H21BrN2O2.C20H22N2O3.C20H22N2O2/c1-15(2)31-20-9-8-18(11-21(20)30(4)25(31)32)23-22(17-7-5-6-16(3)10-17)28-24(29-23)19-12-26-14-27-13-19;1-12(2)23-16-9-8-15(11-17(16)22(4)20(23)25)19(24)18(21)14-7-5-6-13(3)10-14;1-12(2)22-16-9-8-15(11-17(16)21(4)20(22)25)19(24)18(23)14-7-5-6-13(3)10-14;1-13(2)22-17-9-8-16(12-18(17)21(4)20(22)24)19(23)11-15-7-5-6-14(3)10-15/h5-15H,1-4H3,(H,28,29);5-12,18H,1-4H3;5-12,18,23H,1-4H3;5-10,12-13H,11H2,1-4H3. The number of aliphatic hydroxyl groups excluding tert-OH is 1. The van der Waals surface area contributed by atoms with Gasteiger partial charge in [-0.15, -0.1) is 0 Å². The van der Waals surface area contributed by atoms with Crippen LogP contribution in [0.15, 0.2) is 208 Å². The Bertz CT molecular complexity index is 5760. The van der Waals surface area contributed by atoms with Gasteiger partial charge < -0.3 is 10.1 Å². The van der Waals surface area contributed by atoms with E-state index in [4.69, 9.17) is 4.98 Å². The summed E-state index contributed by atoms with van der Waals surface area (Å²) >= 11 is 3.52. The highest BCUT2D eigenvalue weighted by molar-refractivity contribution is 9.09. The van der Waals surface area contributed by atoms with E-state index in [1.807, 2.05) is 203 Å². The molecular formula is C85H89BrN12O8.